The van der Waals surface area contributed by atoms with E-state index in [1.165, 1.54) is 10.2 Å². The molecule has 0 spiro atoms. The van der Waals surface area contributed by atoms with Crippen LogP contribution in [0.1, 0.15) is 29.5 Å². The van der Waals surface area contributed by atoms with Crippen LogP contribution in [0.4, 0.5) is 0 Å². The van der Waals surface area contributed by atoms with Crippen LogP contribution >= 0.6 is 0 Å². The van der Waals surface area contributed by atoms with Gasteiger partial charge in [0, 0.05) is 24.0 Å². The summed E-state index contributed by atoms with van der Waals surface area (Å²) in [5.74, 6) is 0.541. The quantitative estimate of drug-likeness (QED) is 0.409. The Bertz CT molecular complexity index is 1420. The first-order valence-electron chi connectivity index (χ1n) is 12.4. The van der Waals surface area contributed by atoms with E-state index in [1.807, 2.05) is 49.1 Å². The Morgan fingerprint density at radius 2 is 1.60 bits per heavy atom. The SMILES string of the molecule is Cc1ccc(C)c(-c2nn(CC(=O)N3CCC(Cc4ccccc4)CC3)c(=O)c3ccccc23)c1. The number of aryl methyl sites for hydroxylation is 2. The summed E-state index contributed by atoms with van der Waals surface area (Å²) in [6.45, 7) is 5.51. The summed E-state index contributed by atoms with van der Waals surface area (Å²) in [7, 11) is 0. The standard InChI is InChI=1S/C30H31N3O2/c1-21-12-13-22(2)27(18-21)29-25-10-6-7-11-26(25)30(35)33(31-29)20-28(34)32-16-14-24(15-17-32)19-23-8-4-3-5-9-23/h3-13,18,24H,14-17,19-20H2,1-2H3. The molecule has 1 aliphatic heterocycles. The van der Waals surface area contributed by atoms with Gasteiger partial charge in [0.25, 0.3) is 5.56 Å². The van der Waals surface area contributed by atoms with E-state index >= 15 is 0 Å². The average molecular weight is 466 g/mol. The van der Waals surface area contributed by atoms with Crippen molar-refractivity contribution >= 4 is 16.7 Å². The van der Waals surface area contributed by atoms with E-state index in [9.17, 15) is 9.59 Å². The number of hydrogen-bond donors (Lipinski definition) is 0. The zero-order valence-corrected chi connectivity index (χ0v) is 20.4. The predicted octanol–water partition coefficient (Wildman–Crippen LogP) is 5.16. The summed E-state index contributed by atoms with van der Waals surface area (Å²) in [5, 5.41) is 6.14. The molecule has 5 rings (SSSR count). The van der Waals surface area contributed by atoms with Crippen LogP contribution in [0, 0.1) is 19.8 Å². The number of carbonyl (C=O) groups is 1. The van der Waals surface area contributed by atoms with Crippen LogP contribution in [0.15, 0.2) is 77.6 Å². The molecule has 1 saturated heterocycles. The third-order valence-corrected chi connectivity index (χ3v) is 7.14. The monoisotopic (exact) mass is 465 g/mol. The van der Waals surface area contributed by atoms with E-state index in [1.54, 1.807) is 0 Å². The fourth-order valence-electron chi connectivity index (χ4n) is 5.09. The summed E-state index contributed by atoms with van der Waals surface area (Å²) in [5.41, 5.74) is 5.08. The molecule has 2 heterocycles. The number of piperidine rings is 1. The van der Waals surface area contributed by atoms with E-state index in [0.717, 1.165) is 60.1 Å². The first-order chi connectivity index (χ1) is 17.0. The number of aromatic nitrogens is 2. The summed E-state index contributed by atoms with van der Waals surface area (Å²) >= 11 is 0. The smallest absolute Gasteiger partial charge is 0.275 e. The van der Waals surface area contributed by atoms with Gasteiger partial charge >= 0.3 is 0 Å². The van der Waals surface area contributed by atoms with Gasteiger partial charge in [-0.15, -0.1) is 0 Å². The number of nitrogens with zero attached hydrogens (tertiary/aromatic N) is 3. The van der Waals surface area contributed by atoms with Crippen LogP contribution in [0.3, 0.4) is 0 Å². The molecule has 0 radical (unpaired) electrons. The Hall–Kier alpha value is -3.73. The van der Waals surface area contributed by atoms with Crippen molar-refractivity contribution in [2.75, 3.05) is 13.1 Å². The van der Waals surface area contributed by atoms with E-state index in [-0.39, 0.29) is 18.0 Å². The summed E-state index contributed by atoms with van der Waals surface area (Å²) < 4.78 is 1.36. The van der Waals surface area contributed by atoms with Crippen molar-refractivity contribution in [3.63, 3.8) is 0 Å². The molecule has 1 aliphatic rings. The lowest BCUT2D eigenvalue weighted by Crippen LogP contribution is -2.42. The number of amides is 1. The van der Waals surface area contributed by atoms with Gasteiger partial charge in [-0.05, 0) is 62.3 Å². The second-order valence-electron chi connectivity index (χ2n) is 9.69. The Morgan fingerprint density at radius 3 is 2.34 bits per heavy atom. The van der Waals surface area contributed by atoms with Gasteiger partial charge in [0.2, 0.25) is 5.91 Å². The van der Waals surface area contributed by atoms with E-state index < -0.39 is 0 Å². The largest absolute Gasteiger partial charge is 0.341 e. The molecule has 5 nitrogen and oxygen atoms in total. The van der Waals surface area contributed by atoms with Crippen molar-refractivity contribution in [1.82, 2.24) is 14.7 Å². The molecule has 1 aromatic heterocycles. The maximum atomic E-state index is 13.3. The van der Waals surface area contributed by atoms with Gasteiger partial charge in [0.05, 0.1) is 11.1 Å². The first-order valence-corrected chi connectivity index (χ1v) is 12.4. The molecule has 0 aliphatic carbocycles. The Kier molecular flexibility index (Phi) is 6.49. The lowest BCUT2D eigenvalue weighted by molar-refractivity contribution is -0.133. The molecule has 178 valence electrons. The second-order valence-corrected chi connectivity index (χ2v) is 9.69. The van der Waals surface area contributed by atoms with Gasteiger partial charge < -0.3 is 4.90 Å². The zero-order chi connectivity index (χ0) is 24.4. The molecule has 1 amide bonds. The lowest BCUT2D eigenvalue weighted by Gasteiger charge is -2.32. The number of fused-ring (bicyclic) bond motifs is 1. The third-order valence-electron chi connectivity index (χ3n) is 7.14. The highest BCUT2D eigenvalue weighted by Gasteiger charge is 2.24. The van der Waals surface area contributed by atoms with Gasteiger partial charge in [0.1, 0.15) is 6.54 Å². The van der Waals surface area contributed by atoms with Crippen molar-refractivity contribution in [3.05, 3.63) is 99.8 Å². The number of benzene rings is 3. The summed E-state index contributed by atoms with van der Waals surface area (Å²) in [6, 6.07) is 24.3. The maximum absolute atomic E-state index is 13.3. The molecule has 4 aromatic rings. The lowest BCUT2D eigenvalue weighted by atomic mass is 9.90. The number of likely N-dealkylation sites (tertiary alicyclic amines) is 1. The predicted molar refractivity (Wildman–Crippen MR) is 140 cm³/mol. The van der Waals surface area contributed by atoms with Gasteiger partial charge in [-0.3, -0.25) is 9.59 Å². The molecule has 0 atom stereocenters. The van der Waals surface area contributed by atoms with Crippen LogP contribution in [0.2, 0.25) is 0 Å². The maximum Gasteiger partial charge on any atom is 0.275 e. The minimum atomic E-state index is -0.220. The van der Waals surface area contributed by atoms with Crippen molar-refractivity contribution in [2.24, 2.45) is 5.92 Å². The van der Waals surface area contributed by atoms with Crippen LogP contribution in [-0.2, 0) is 17.8 Å². The fraction of sp³-hybridized carbons (Fsp3) is 0.300. The van der Waals surface area contributed by atoms with E-state index in [2.05, 4.69) is 42.5 Å². The summed E-state index contributed by atoms with van der Waals surface area (Å²) in [6.07, 6.45) is 3.01. The summed E-state index contributed by atoms with van der Waals surface area (Å²) in [4.78, 5) is 28.4. The fourth-order valence-corrected chi connectivity index (χ4v) is 5.09. The van der Waals surface area contributed by atoms with Gasteiger partial charge in [0.15, 0.2) is 0 Å². The van der Waals surface area contributed by atoms with Crippen LogP contribution in [0.25, 0.3) is 22.0 Å². The zero-order valence-electron chi connectivity index (χ0n) is 20.4. The van der Waals surface area contributed by atoms with Crippen molar-refractivity contribution in [1.29, 1.82) is 0 Å². The Morgan fingerprint density at radius 1 is 0.914 bits per heavy atom. The molecule has 0 N–H and O–H groups in total. The molecule has 0 unspecified atom stereocenters. The number of rotatable bonds is 5. The van der Waals surface area contributed by atoms with Crippen molar-refractivity contribution in [2.45, 2.75) is 39.7 Å². The number of hydrogen-bond acceptors (Lipinski definition) is 3. The van der Waals surface area contributed by atoms with Gasteiger partial charge in [-0.2, -0.15) is 5.10 Å². The second kappa shape index (κ2) is 9.87. The molecular weight excluding hydrogens is 434 g/mol. The Labute approximate surface area is 206 Å². The molecule has 0 saturated carbocycles. The topological polar surface area (TPSA) is 55.2 Å². The molecule has 1 fully saturated rings. The molecular formula is C30H31N3O2. The van der Waals surface area contributed by atoms with Crippen LogP contribution < -0.4 is 5.56 Å². The highest BCUT2D eigenvalue weighted by molar-refractivity contribution is 5.94. The highest BCUT2D eigenvalue weighted by Crippen LogP contribution is 2.28. The number of carbonyl (C=O) groups excluding carboxylic acids is 1. The molecule has 5 heteroatoms. The molecule has 0 bridgehead atoms. The van der Waals surface area contributed by atoms with Crippen LogP contribution in [-0.4, -0.2) is 33.7 Å². The van der Waals surface area contributed by atoms with E-state index in [0.29, 0.717) is 11.3 Å². The minimum absolute atomic E-state index is 0.0368. The van der Waals surface area contributed by atoms with Crippen LogP contribution in [0.5, 0.6) is 0 Å². The first kappa shape index (κ1) is 23.0. The molecule has 3 aromatic carbocycles. The normalized spacial score (nSPS) is 14.4. The van der Waals surface area contributed by atoms with Crippen molar-refractivity contribution in [3.8, 4) is 11.3 Å². The van der Waals surface area contributed by atoms with E-state index in [4.69, 9.17) is 5.10 Å². The molecule has 35 heavy (non-hydrogen) atoms. The highest BCUT2D eigenvalue weighted by atomic mass is 16.2. The third kappa shape index (κ3) is 4.90. The minimum Gasteiger partial charge on any atom is -0.341 e. The average Bonchev–Trinajstić information content (AvgIpc) is 2.88. The Balaban J connectivity index is 1.38. The van der Waals surface area contributed by atoms with Crippen molar-refractivity contribution < 1.29 is 4.79 Å². The van der Waals surface area contributed by atoms with Gasteiger partial charge in [-0.1, -0.05) is 66.2 Å². The van der Waals surface area contributed by atoms with Gasteiger partial charge in [-0.25, -0.2) is 4.68 Å².